The van der Waals surface area contributed by atoms with Gasteiger partial charge in [-0.15, -0.1) is 10.2 Å². The Morgan fingerprint density at radius 2 is 1.89 bits per heavy atom. The van der Waals surface area contributed by atoms with Crippen LogP contribution in [0.3, 0.4) is 0 Å². The first-order valence-electron chi connectivity index (χ1n) is 9.77. The Balaban J connectivity index is 1.20. The molecule has 1 N–H and O–H groups in total. The van der Waals surface area contributed by atoms with Crippen molar-refractivity contribution in [1.82, 2.24) is 10.2 Å². The fraction of sp³-hybridized carbons (Fsp3) is 0.571. The summed E-state index contributed by atoms with van der Waals surface area (Å²) in [5, 5.41) is 18.8. The van der Waals surface area contributed by atoms with Gasteiger partial charge in [-0.25, -0.2) is 0 Å². The summed E-state index contributed by atoms with van der Waals surface area (Å²) in [5.74, 6) is 1.61. The summed E-state index contributed by atoms with van der Waals surface area (Å²) in [7, 11) is 0. The van der Waals surface area contributed by atoms with Gasteiger partial charge in [0, 0.05) is 5.56 Å². The largest absolute Gasteiger partial charge is 0.456 e. The first kappa shape index (κ1) is 16.9. The summed E-state index contributed by atoms with van der Waals surface area (Å²) in [6.07, 6.45) is 6.22. The molecule has 2 unspecified atom stereocenters. The van der Waals surface area contributed by atoms with Crippen LogP contribution in [0.25, 0.3) is 11.5 Å². The van der Waals surface area contributed by atoms with Crippen molar-refractivity contribution in [2.45, 2.75) is 57.2 Å². The third kappa shape index (κ3) is 3.27. The Morgan fingerprint density at radius 1 is 1.15 bits per heavy atom. The van der Waals surface area contributed by atoms with Gasteiger partial charge in [-0.2, -0.15) is 0 Å². The van der Waals surface area contributed by atoms with Gasteiger partial charge in [0.1, 0.15) is 0 Å². The number of aliphatic hydroxyl groups is 1. The second-order valence-electron chi connectivity index (χ2n) is 8.89. The highest BCUT2D eigenvalue weighted by Crippen LogP contribution is 2.62. The predicted molar refractivity (Wildman–Crippen MR) is 96.2 cm³/mol. The summed E-state index contributed by atoms with van der Waals surface area (Å²) in [6, 6.07) is 9.50. The fourth-order valence-electron chi connectivity index (χ4n) is 6.12. The van der Waals surface area contributed by atoms with E-state index in [1.807, 2.05) is 30.3 Å². The quantitative estimate of drug-likeness (QED) is 0.813. The minimum absolute atomic E-state index is 0.00806. The summed E-state index contributed by atoms with van der Waals surface area (Å²) < 4.78 is 11.0. The monoisotopic (exact) mass is 368 g/mol. The molecule has 2 atom stereocenters. The Morgan fingerprint density at radius 3 is 2.59 bits per heavy atom. The van der Waals surface area contributed by atoms with Crippen LogP contribution < -0.4 is 0 Å². The summed E-state index contributed by atoms with van der Waals surface area (Å²) in [5.41, 5.74) is 0.200. The van der Waals surface area contributed by atoms with E-state index in [2.05, 4.69) is 10.2 Å². The molecule has 2 aromatic rings. The summed E-state index contributed by atoms with van der Waals surface area (Å²) in [4.78, 5) is 12.5. The standard InChI is InChI=1S/C21H24N2O4/c24-18(11-20-7-14-6-15(8-20)10-21(25,9-14)13-20)26-12-17-22-23-19(27-17)16-4-2-1-3-5-16/h1-5,14-15,25H,6-13H2. The van der Waals surface area contributed by atoms with Gasteiger partial charge in [-0.05, 0) is 67.9 Å². The number of benzene rings is 1. The lowest BCUT2D eigenvalue weighted by Gasteiger charge is -2.60. The zero-order chi connectivity index (χ0) is 18.5. The molecular formula is C21H24N2O4. The number of esters is 1. The van der Waals surface area contributed by atoms with E-state index >= 15 is 0 Å². The fourth-order valence-corrected chi connectivity index (χ4v) is 6.12. The van der Waals surface area contributed by atoms with E-state index in [-0.39, 0.29) is 18.0 Å². The maximum atomic E-state index is 12.5. The van der Waals surface area contributed by atoms with Crippen molar-refractivity contribution >= 4 is 5.97 Å². The SMILES string of the molecule is O=C(CC12CC3CC(CC(O)(C3)C1)C2)OCc1nnc(-c2ccccc2)o1. The van der Waals surface area contributed by atoms with Crippen LogP contribution in [0, 0.1) is 17.3 Å². The van der Waals surface area contributed by atoms with Crippen LogP contribution in [-0.4, -0.2) is 26.9 Å². The Bertz CT molecular complexity index is 833. The number of nitrogens with zero attached hydrogens (tertiary/aromatic N) is 2. The van der Waals surface area contributed by atoms with Crippen molar-refractivity contribution in [1.29, 1.82) is 0 Å². The molecule has 0 spiro atoms. The van der Waals surface area contributed by atoms with E-state index in [9.17, 15) is 9.90 Å². The summed E-state index contributed by atoms with van der Waals surface area (Å²) >= 11 is 0. The molecule has 1 aromatic carbocycles. The van der Waals surface area contributed by atoms with Gasteiger partial charge in [0.2, 0.25) is 5.89 Å². The highest BCUT2D eigenvalue weighted by molar-refractivity contribution is 5.70. The lowest BCUT2D eigenvalue weighted by Crippen LogP contribution is -2.56. The molecule has 4 bridgehead atoms. The average molecular weight is 368 g/mol. The van der Waals surface area contributed by atoms with E-state index < -0.39 is 5.60 Å². The lowest BCUT2D eigenvalue weighted by molar-refractivity contribution is -0.177. The van der Waals surface area contributed by atoms with Gasteiger partial charge in [0.05, 0.1) is 12.0 Å². The van der Waals surface area contributed by atoms with Crippen molar-refractivity contribution in [2.24, 2.45) is 17.3 Å². The highest BCUT2D eigenvalue weighted by Gasteiger charge is 2.57. The van der Waals surface area contributed by atoms with Crippen molar-refractivity contribution in [3.05, 3.63) is 36.2 Å². The van der Waals surface area contributed by atoms with Gasteiger partial charge in [0.15, 0.2) is 6.61 Å². The molecular weight excluding hydrogens is 344 g/mol. The molecule has 0 aliphatic heterocycles. The van der Waals surface area contributed by atoms with E-state index in [0.717, 1.165) is 37.7 Å². The highest BCUT2D eigenvalue weighted by atomic mass is 16.5. The molecule has 142 valence electrons. The molecule has 4 aliphatic carbocycles. The van der Waals surface area contributed by atoms with Gasteiger partial charge in [-0.1, -0.05) is 18.2 Å². The molecule has 0 saturated heterocycles. The number of carbonyl (C=O) groups is 1. The normalized spacial score (nSPS) is 34.0. The van der Waals surface area contributed by atoms with E-state index in [0.29, 0.717) is 30.0 Å². The number of ether oxygens (including phenoxy) is 1. The van der Waals surface area contributed by atoms with Crippen LogP contribution in [0.5, 0.6) is 0 Å². The zero-order valence-corrected chi connectivity index (χ0v) is 15.3. The molecule has 4 fully saturated rings. The maximum absolute atomic E-state index is 12.5. The second-order valence-corrected chi connectivity index (χ2v) is 8.89. The van der Waals surface area contributed by atoms with Gasteiger partial charge < -0.3 is 14.3 Å². The number of aromatic nitrogens is 2. The smallest absolute Gasteiger partial charge is 0.306 e. The van der Waals surface area contributed by atoms with E-state index in [4.69, 9.17) is 9.15 Å². The first-order chi connectivity index (χ1) is 13.0. The molecule has 1 heterocycles. The van der Waals surface area contributed by atoms with Crippen molar-refractivity contribution < 1.29 is 19.1 Å². The van der Waals surface area contributed by atoms with Crippen LogP contribution in [0.2, 0.25) is 0 Å². The number of hydrogen-bond donors (Lipinski definition) is 1. The predicted octanol–water partition coefficient (Wildman–Crippen LogP) is 3.50. The van der Waals surface area contributed by atoms with Crippen molar-refractivity contribution in [3.8, 4) is 11.5 Å². The van der Waals surface area contributed by atoms with E-state index in [1.165, 1.54) is 6.42 Å². The van der Waals surface area contributed by atoms with Crippen molar-refractivity contribution in [2.75, 3.05) is 0 Å². The zero-order valence-electron chi connectivity index (χ0n) is 15.3. The average Bonchev–Trinajstić information content (AvgIpc) is 3.07. The number of hydrogen-bond acceptors (Lipinski definition) is 6. The molecule has 6 heteroatoms. The Labute approximate surface area is 157 Å². The van der Waals surface area contributed by atoms with Gasteiger partial charge in [-0.3, -0.25) is 4.79 Å². The molecule has 27 heavy (non-hydrogen) atoms. The molecule has 0 radical (unpaired) electrons. The Hall–Kier alpha value is -2.21. The van der Waals surface area contributed by atoms with Gasteiger partial charge >= 0.3 is 5.97 Å². The van der Waals surface area contributed by atoms with Crippen LogP contribution in [-0.2, 0) is 16.1 Å². The van der Waals surface area contributed by atoms with Crippen LogP contribution in [0.1, 0.15) is 50.8 Å². The second kappa shape index (κ2) is 6.16. The topological polar surface area (TPSA) is 85.5 Å². The lowest BCUT2D eigenvalue weighted by atomic mass is 9.47. The maximum Gasteiger partial charge on any atom is 0.306 e. The van der Waals surface area contributed by atoms with Crippen LogP contribution >= 0.6 is 0 Å². The first-order valence-corrected chi connectivity index (χ1v) is 9.77. The minimum atomic E-state index is -0.554. The van der Waals surface area contributed by atoms with Crippen LogP contribution in [0.15, 0.2) is 34.7 Å². The molecule has 4 saturated carbocycles. The number of carbonyl (C=O) groups excluding carboxylic acids is 1. The number of rotatable bonds is 5. The molecule has 1 aromatic heterocycles. The summed E-state index contributed by atoms with van der Waals surface area (Å²) in [6.45, 7) is -0.00806. The third-order valence-electron chi connectivity index (χ3n) is 6.51. The minimum Gasteiger partial charge on any atom is -0.456 e. The molecule has 6 rings (SSSR count). The molecule has 0 amide bonds. The van der Waals surface area contributed by atoms with Crippen LogP contribution in [0.4, 0.5) is 0 Å². The Kier molecular flexibility index (Phi) is 3.86. The third-order valence-corrected chi connectivity index (χ3v) is 6.51. The van der Waals surface area contributed by atoms with Gasteiger partial charge in [0.25, 0.3) is 5.89 Å². The van der Waals surface area contributed by atoms with Crippen molar-refractivity contribution in [3.63, 3.8) is 0 Å². The van der Waals surface area contributed by atoms with E-state index in [1.54, 1.807) is 0 Å². The molecule has 6 nitrogen and oxygen atoms in total. The molecule has 4 aliphatic rings.